The number of carbonyl (C=O) groups is 2. The maximum absolute atomic E-state index is 12.6. The van der Waals surface area contributed by atoms with Crippen molar-refractivity contribution in [3.8, 4) is 0 Å². The molecule has 5 atom stereocenters. The first kappa shape index (κ1) is 24.9. The largest absolute Gasteiger partial charge is 0.456 e. The Bertz CT molecular complexity index is 600. The van der Waals surface area contributed by atoms with Crippen molar-refractivity contribution < 1.29 is 23.8 Å². The maximum Gasteiger partial charge on any atom is 0.330 e. The van der Waals surface area contributed by atoms with Crippen LogP contribution in [0.5, 0.6) is 0 Å². The molecule has 0 radical (unpaired) electrons. The molecule has 0 aromatic carbocycles. The lowest BCUT2D eigenvalue weighted by Crippen LogP contribution is -2.43. The van der Waals surface area contributed by atoms with Crippen molar-refractivity contribution >= 4 is 11.9 Å². The Morgan fingerprint density at radius 1 is 1.33 bits per heavy atom. The minimum Gasteiger partial charge on any atom is -0.456 e. The molecule has 0 spiro atoms. The van der Waals surface area contributed by atoms with E-state index in [0.29, 0.717) is 19.4 Å². The Morgan fingerprint density at radius 3 is 2.70 bits per heavy atom. The fourth-order valence-electron chi connectivity index (χ4n) is 4.92. The van der Waals surface area contributed by atoms with Crippen LogP contribution in [0.1, 0.15) is 92.4 Å². The Balaban J connectivity index is 1.83. The summed E-state index contributed by atoms with van der Waals surface area (Å²) in [6.07, 6.45) is 9.84. The van der Waals surface area contributed by atoms with Crippen LogP contribution in [0, 0.1) is 17.8 Å². The lowest BCUT2D eigenvalue weighted by atomic mass is 9.73. The van der Waals surface area contributed by atoms with Gasteiger partial charge in [0.15, 0.2) is 0 Å². The van der Waals surface area contributed by atoms with E-state index in [-0.39, 0.29) is 24.4 Å². The average Bonchev–Trinajstić information content (AvgIpc) is 3.02. The molecule has 0 N–H and O–H groups in total. The van der Waals surface area contributed by atoms with E-state index in [1.807, 2.05) is 20.8 Å². The van der Waals surface area contributed by atoms with Gasteiger partial charge in [0.05, 0.1) is 12.7 Å². The van der Waals surface area contributed by atoms with E-state index in [0.717, 1.165) is 30.8 Å². The monoisotopic (exact) mass is 422 g/mol. The van der Waals surface area contributed by atoms with Gasteiger partial charge in [0, 0.05) is 18.4 Å². The van der Waals surface area contributed by atoms with E-state index in [2.05, 4.69) is 20.4 Å². The summed E-state index contributed by atoms with van der Waals surface area (Å²) in [5.41, 5.74) is -1.24. The van der Waals surface area contributed by atoms with Gasteiger partial charge in [-0.2, -0.15) is 0 Å². The van der Waals surface area contributed by atoms with Crippen LogP contribution in [-0.2, 0) is 23.8 Å². The van der Waals surface area contributed by atoms with Gasteiger partial charge in [0.1, 0.15) is 11.2 Å². The number of hydrogen-bond donors (Lipinski definition) is 0. The third kappa shape index (κ3) is 6.83. The van der Waals surface area contributed by atoms with Gasteiger partial charge < -0.3 is 14.2 Å². The molecule has 5 heteroatoms. The molecule has 1 aliphatic carbocycles. The van der Waals surface area contributed by atoms with Crippen LogP contribution in [0.3, 0.4) is 0 Å². The van der Waals surface area contributed by atoms with Crippen LogP contribution in [-0.4, -0.2) is 35.9 Å². The fraction of sp³-hybridized carbons (Fsp3) is 0.840. The molecule has 172 valence electrons. The van der Waals surface area contributed by atoms with Crippen LogP contribution in [0.25, 0.3) is 0 Å². The van der Waals surface area contributed by atoms with Crippen molar-refractivity contribution in [3.63, 3.8) is 0 Å². The zero-order valence-electron chi connectivity index (χ0n) is 19.7. The molecule has 1 saturated heterocycles. The maximum atomic E-state index is 12.6. The molecule has 1 aliphatic heterocycles. The summed E-state index contributed by atoms with van der Waals surface area (Å²) in [4.78, 5) is 24.2. The second-order valence-electron chi connectivity index (χ2n) is 10.2. The first-order chi connectivity index (χ1) is 14.1. The molecular weight excluding hydrogens is 380 g/mol. The molecule has 1 heterocycles. The number of esters is 2. The third-order valence-corrected chi connectivity index (χ3v) is 7.13. The van der Waals surface area contributed by atoms with Crippen molar-refractivity contribution in [1.82, 2.24) is 0 Å². The SMILES string of the molecule is C=CC(=O)OC(C)(CC)CCC(=O)OC1(C)COC2CC(CCCC(C)C)CCC21. The summed E-state index contributed by atoms with van der Waals surface area (Å²) in [5, 5.41) is 0. The van der Waals surface area contributed by atoms with Crippen LogP contribution in [0.2, 0.25) is 0 Å². The van der Waals surface area contributed by atoms with Crippen LogP contribution < -0.4 is 0 Å². The highest BCUT2D eigenvalue weighted by atomic mass is 16.6. The smallest absolute Gasteiger partial charge is 0.330 e. The van der Waals surface area contributed by atoms with Crippen molar-refractivity contribution in [2.24, 2.45) is 17.8 Å². The van der Waals surface area contributed by atoms with Crippen LogP contribution in [0.15, 0.2) is 12.7 Å². The predicted octanol–water partition coefficient (Wildman–Crippen LogP) is 5.61. The molecule has 2 rings (SSSR count). The number of fused-ring (bicyclic) bond motifs is 1. The van der Waals surface area contributed by atoms with E-state index >= 15 is 0 Å². The predicted molar refractivity (Wildman–Crippen MR) is 118 cm³/mol. The first-order valence-corrected chi connectivity index (χ1v) is 11.8. The number of ether oxygens (including phenoxy) is 3. The standard InChI is InChI=1S/C25H42O5/c1-7-22(26)29-24(5,8-2)15-14-23(27)30-25(6)17-28-21-16-19(12-13-20(21)25)11-9-10-18(3)4/h7,18-21H,1,8-17H2,2-6H3. The van der Waals surface area contributed by atoms with Crippen molar-refractivity contribution in [3.05, 3.63) is 12.7 Å². The van der Waals surface area contributed by atoms with Crippen LogP contribution >= 0.6 is 0 Å². The number of rotatable bonds is 11. The first-order valence-electron chi connectivity index (χ1n) is 11.8. The average molecular weight is 423 g/mol. The molecule has 2 fully saturated rings. The summed E-state index contributed by atoms with van der Waals surface area (Å²) in [6.45, 7) is 14.3. The Kier molecular flexibility index (Phi) is 8.96. The molecule has 0 amide bonds. The summed E-state index contributed by atoms with van der Waals surface area (Å²) in [6, 6.07) is 0. The molecule has 0 bridgehead atoms. The van der Waals surface area contributed by atoms with Crippen molar-refractivity contribution in [2.75, 3.05) is 6.61 Å². The van der Waals surface area contributed by atoms with Gasteiger partial charge in [-0.05, 0) is 57.8 Å². The zero-order chi connectivity index (χ0) is 22.4. The van der Waals surface area contributed by atoms with Gasteiger partial charge in [-0.3, -0.25) is 4.79 Å². The summed E-state index contributed by atoms with van der Waals surface area (Å²) in [7, 11) is 0. The highest BCUT2D eigenvalue weighted by Gasteiger charge is 2.51. The van der Waals surface area contributed by atoms with E-state index in [1.54, 1.807) is 0 Å². The van der Waals surface area contributed by atoms with Gasteiger partial charge in [-0.15, -0.1) is 0 Å². The molecule has 5 unspecified atom stereocenters. The van der Waals surface area contributed by atoms with Crippen molar-refractivity contribution in [2.45, 2.75) is 110 Å². The molecule has 30 heavy (non-hydrogen) atoms. The van der Waals surface area contributed by atoms with Gasteiger partial charge >= 0.3 is 11.9 Å². The minimum absolute atomic E-state index is 0.204. The van der Waals surface area contributed by atoms with Gasteiger partial charge in [0.25, 0.3) is 0 Å². The fourth-order valence-corrected chi connectivity index (χ4v) is 4.92. The molecule has 0 aromatic rings. The summed E-state index contributed by atoms with van der Waals surface area (Å²) in [5.74, 6) is 1.07. The molecule has 5 nitrogen and oxygen atoms in total. The highest BCUT2D eigenvalue weighted by Crippen LogP contribution is 2.45. The Labute approximate surface area is 182 Å². The molecule has 0 aromatic heterocycles. The number of hydrogen-bond acceptors (Lipinski definition) is 5. The lowest BCUT2D eigenvalue weighted by molar-refractivity contribution is -0.166. The normalized spacial score (nSPS) is 30.4. The van der Waals surface area contributed by atoms with Gasteiger partial charge in [-0.25, -0.2) is 4.79 Å². The summed E-state index contributed by atoms with van der Waals surface area (Å²) < 4.78 is 17.5. The van der Waals surface area contributed by atoms with Crippen LogP contribution in [0.4, 0.5) is 0 Å². The van der Waals surface area contributed by atoms with Crippen molar-refractivity contribution in [1.29, 1.82) is 0 Å². The van der Waals surface area contributed by atoms with Gasteiger partial charge in [-0.1, -0.05) is 46.6 Å². The van der Waals surface area contributed by atoms with Gasteiger partial charge in [0.2, 0.25) is 0 Å². The minimum atomic E-state index is -0.687. The quantitative estimate of drug-likeness (QED) is 0.320. The van der Waals surface area contributed by atoms with E-state index in [1.165, 1.54) is 25.7 Å². The lowest BCUT2D eigenvalue weighted by Gasteiger charge is -2.37. The second kappa shape index (κ2) is 10.8. The highest BCUT2D eigenvalue weighted by molar-refractivity contribution is 5.81. The Hall–Kier alpha value is -1.36. The molecular formula is C25H42O5. The topological polar surface area (TPSA) is 61.8 Å². The summed E-state index contributed by atoms with van der Waals surface area (Å²) >= 11 is 0. The van der Waals surface area contributed by atoms with E-state index in [9.17, 15) is 9.59 Å². The zero-order valence-corrected chi connectivity index (χ0v) is 19.7. The van der Waals surface area contributed by atoms with E-state index < -0.39 is 17.2 Å². The third-order valence-electron chi connectivity index (χ3n) is 7.13. The second-order valence-corrected chi connectivity index (χ2v) is 10.2. The molecule has 2 aliphatic rings. The Morgan fingerprint density at radius 2 is 2.07 bits per heavy atom. The number of carbonyl (C=O) groups excluding carboxylic acids is 2. The molecule has 1 saturated carbocycles. The van der Waals surface area contributed by atoms with E-state index in [4.69, 9.17) is 14.2 Å².